The molecule has 0 bridgehead atoms. The quantitative estimate of drug-likeness (QED) is 0.453. The van der Waals surface area contributed by atoms with Crippen molar-refractivity contribution in [2.45, 2.75) is 25.6 Å². The summed E-state index contributed by atoms with van der Waals surface area (Å²) in [5.41, 5.74) is -3.47. The molecule has 0 aliphatic carbocycles. The molecule has 0 radical (unpaired) electrons. The van der Waals surface area contributed by atoms with E-state index < -0.39 is 33.8 Å². The summed E-state index contributed by atoms with van der Waals surface area (Å²) in [6, 6.07) is 3.64. The van der Waals surface area contributed by atoms with Gasteiger partial charge < -0.3 is 10.1 Å². The molecule has 1 aromatic carbocycles. The van der Waals surface area contributed by atoms with Gasteiger partial charge in [-0.15, -0.1) is 17.8 Å². The monoisotopic (exact) mass is 398 g/mol. The molecule has 6 nitrogen and oxygen atoms in total. The Balaban J connectivity index is 2.35. The van der Waals surface area contributed by atoms with Gasteiger partial charge in [0, 0.05) is 6.07 Å². The molecule has 27 heavy (non-hydrogen) atoms. The Morgan fingerprint density at radius 3 is 2.56 bits per heavy atom. The van der Waals surface area contributed by atoms with Crippen molar-refractivity contribution in [3.63, 3.8) is 0 Å². The van der Waals surface area contributed by atoms with Gasteiger partial charge in [0.1, 0.15) is 16.2 Å². The van der Waals surface area contributed by atoms with E-state index >= 15 is 0 Å². The van der Waals surface area contributed by atoms with Gasteiger partial charge in [-0.3, -0.25) is 14.9 Å². The Labute approximate surface area is 156 Å². The first kappa shape index (κ1) is 20.3. The van der Waals surface area contributed by atoms with Gasteiger partial charge in [-0.1, -0.05) is 5.92 Å². The smallest absolute Gasteiger partial charge is 0.423 e. The molecule has 2 aromatic rings. The van der Waals surface area contributed by atoms with Crippen molar-refractivity contribution < 1.29 is 27.6 Å². The highest BCUT2D eigenvalue weighted by molar-refractivity contribution is 7.12. The Kier molecular flexibility index (Phi) is 5.46. The van der Waals surface area contributed by atoms with Gasteiger partial charge in [-0.05, 0) is 37.4 Å². The zero-order valence-corrected chi connectivity index (χ0v) is 14.9. The second kappa shape index (κ2) is 7.28. The maximum absolute atomic E-state index is 13.1. The average molecular weight is 398 g/mol. The van der Waals surface area contributed by atoms with Crippen molar-refractivity contribution in [2.24, 2.45) is 0 Å². The highest BCUT2D eigenvalue weighted by atomic mass is 32.1. The van der Waals surface area contributed by atoms with Gasteiger partial charge in [-0.25, -0.2) is 0 Å². The van der Waals surface area contributed by atoms with Gasteiger partial charge in [0.15, 0.2) is 5.75 Å². The van der Waals surface area contributed by atoms with Gasteiger partial charge in [0.2, 0.25) is 0 Å². The number of nitrogens with one attached hydrogen (secondary N) is 1. The number of carbonyl (C=O) groups excluding carboxylic acids is 1. The Bertz CT molecular complexity index is 929. The van der Waals surface area contributed by atoms with Gasteiger partial charge in [0.05, 0.1) is 10.5 Å². The van der Waals surface area contributed by atoms with E-state index in [9.17, 15) is 28.1 Å². The maximum atomic E-state index is 13.1. The predicted octanol–water partition coefficient (Wildman–Crippen LogP) is 4.61. The van der Waals surface area contributed by atoms with Crippen molar-refractivity contribution in [1.82, 2.24) is 5.32 Å². The van der Waals surface area contributed by atoms with Crippen LogP contribution in [0.4, 0.5) is 18.9 Å². The summed E-state index contributed by atoms with van der Waals surface area (Å²) in [5.74, 6) is 1.54. The fourth-order valence-corrected chi connectivity index (χ4v) is 2.72. The van der Waals surface area contributed by atoms with Gasteiger partial charge >= 0.3 is 6.18 Å². The number of nitro groups is 1. The number of carbonyl (C=O) groups is 1. The lowest BCUT2D eigenvalue weighted by molar-refractivity contribution is -0.388. The standard InChI is InChI=1S/C17H13F3N2O4S/c1-4-16(2,3)21-15(23)14-13(7-8-27-14)26-10-5-6-12(22(24)25)11(9-10)17(18,19)20/h1,5-9H,2-3H3,(H,21,23). The number of hydrogen-bond donors (Lipinski definition) is 1. The second-order valence-electron chi connectivity index (χ2n) is 5.87. The van der Waals surface area contributed by atoms with Crippen molar-refractivity contribution in [3.8, 4) is 23.8 Å². The van der Waals surface area contributed by atoms with E-state index in [2.05, 4.69) is 11.2 Å². The summed E-state index contributed by atoms with van der Waals surface area (Å²) in [6.45, 7) is 3.20. The minimum atomic E-state index is -4.94. The molecular formula is C17H13F3N2O4S. The van der Waals surface area contributed by atoms with Crippen LogP contribution in [0.3, 0.4) is 0 Å². The second-order valence-corrected chi connectivity index (χ2v) is 6.79. The Morgan fingerprint density at radius 1 is 1.33 bits per heavy atom. The number of thiophene rings is 1. The molecule has 0 saturated heterocycles. The maximum Gasteiger partial charge on any atom is 0.423 e. The number of rotatable bonds is 5. The molecule has 0 atom stereocenters. The fourth-order valence-electron chi connectivity index (χ4n) is 2.01. The van der Waals surface area contributed by atoms with Crippen molar-refractivity contribution in [2.75, 3.05) is 0 Å². The number of hydrogen-bond acceptors (Lipinski definition) is 5. The third-order valence-corrected chi connectivity index (χ3v) is 4.21. The molecule has 10 heteroatoms. The average Bonchev–Trinajstić information content (AvgIpc) is 3.01. The molecule has 0 aliphatic rings. The van der Waals surface area contributed by atoms with E-state index in [-0.39, 0.29) is 16.4 Å². The van der Waals surface area contributed by atoms with Crippen LogP contribution in [0.25, 0.3) is 0 Å². The molecule has 1 aromatic heterocycles. The molecule has 0 unspecified atom stereocenters. The minimum absolute atomic E-state index is 0.00676. The van der Waals surface area contributed by atoms with Crippen LogP contribution >= 0.6 is 11.3 Å². The van der Waals surface area contributed by atoms with Crippen molar-refractivity contribution in [1.29, 1.82) is 0 Å². The van der Waals surface area contributed by atoms with Crippen LogP contribution in [0.5, 0.6) is 11.5 Å². The summed E-state index contributed by atoms with van der Waals surface area (Å²) in [6.07, 6.45) is 0.374. The first-order valence-electron chi connectivity index (χ1n) is 7.36. The lowest BCUT2D eigenvalue weighted by atomic mass is 10.1. The van der Waals surface area contributed by atoms with E-state index in [1.807, 2.05) is 0 Å². The highest BCUT2D eigenvalue weighted by Crippen LogP contribution is 2.39. The molecule has 2 rings (SSSR count). The minimum Gasteiger partial charge on any atom is -0.456 e. The number of nitro benzene ring substituents is 1. The van der Waals surface area contributed by atoms with E-state index in [0.717, 1.165) is 17.4 Å². The van der Waals surface area contributed by atoms with Crippen LogP contribution in [0.1, 0.15) is 29.1 Å². The largest absolute Gasteiger partial charge is 0.456 e. The third kappa shape index (κ3) is 4.77. The number of halogens is 3. The normalized spacial score (nSPS) is 11.6. The molecule has 1 heterocycles. The zero-order valence-electron chi connectivity index (χ0n) is 14.1. The summed E-state index contributed by atoms with van der Waals surface area (Å²) >= 11 is 1.01. The van der Waals surface area contributed by atoms with Crippen molar-refractivity contribution >= 4 is 22.9 Å². The Morgan fingerprint density at radius 2 is 2.00 bits per heavy atom. The van der Waals surface area contributed by atoms with E-state index in [0.29, 0.717) is 12.1 Å². The molecule has 0 spiro atoms. The predicted molar refractivity (Wildman–Crippen MR) is 92.9 cm³/mol. The first-order chi connectivity index (χ1) is 12.4. The molecule has 0 saturated carbocycles. The lowest BCUT2D eigenvalue weighted by Gasteiger charge is -2.19. The molecule has 142 valence electrons. The first-order valence-corrected chi connectivity index (χ1v) is 8.24. The molecule has 0 aliphatic heterocycles. The van der Waals surface area contributed by atoms with Crippen LogP contribution in [0.15, 0.2) is 29.6 Å². The number of nitrogens with zero attached hydrogens (tertiary/aromatic N) is 1. The summed E-state index contributed by atoms with van der Waals surface area (Å²) in [7, 11) is 0. The van der Waals surface area contributed by atoms with Crippen LogP contribution in [-0.4, -0.2) is 16.4 Å². The fraction of sp³-hybridized carbons (Fsp3) is 0.235. The lowest BCUT2D eigenvalue weighted by Crippen LogP contribution is -2.41. The summed E-state index contributed by atoms with van der Waals surface area (Å²) in [5, 5.41) is 14.9. The van der Waals surface area contributed by atoms with E-state index in [1.54, 1.807) is 13.8 Å². The number of amides is 1. The topological polar surface area (TPSA) is 81.5 Å². The van der Waals surface area contributed by atoms with Crippen LogP contribution in [-0.2, 0) is 6.18 Å². The molecule has 1 N–H and O–H groups in total. The Hall–Kier alpha value is -3.06. The highest BCUT2D eigenvalue weighted by Gasteiger charge is 2.38. The zero-order chi connectivity index (χ0) is 20.4. The number of terminal acetylenes is 1. The van der Waals surface area contributed by atoms with E-state index in [1.165, 1.54) is 11.4 Å². The van der Waals surface area contributed by atoms with Gasteiger partial charge in [0.25, 0.3) is 11.6 Å². The molecule has 0 fully saturated rings. The molecular weight excluding hydrogens is 385 g/mol. The van der Waals surface area contributed by atoms with Crippen LogP contribution in [0.2, 0.25) is 0 Å². The third-order valence-electron chi connectivity index (χ3n) is 3.32. The molecule has 1 amide bonds. The van der Waals surface area contributed by atoms with E-state index in [4.69, 9.17) is 11.2 Å². The summed E-state index contributed by atoms with van der Waals surface area (Å²) < 4.78 is 44.5. The number of benzene rings is 1. The number of ether oxygens (including phenoxy) is 1. The van der Waals surface area contributed by atoms with Crippen LogP contribution < -0.4 is 10.1 Å². The van der Waals surface area contributed by atoms with Crippen LogP contribution in [0, 0.1) is 22.5 Å². The summed E-state index contributed by atoms with van der Waals surface area (Å²) in [4.78, 5) is 22.1. The van der Waals surface area contributed by atoms with Crippen molar-refractivity contribution in [3.05, 3.63) is 50.2 Å². The van der Waals surface area contributed by atoms with Gasteiger partial charge in [-0.2, -0.15) is 13.2 Å². The SMILES string of the molecule is C#CC(C)(C)NC(=O)c1sccc1Oc1ccc([N+](=O)[O-])c(C(F)(F)F)c1. The number of alkyl halides is 3.